The molecule has 0 unspecified atom stereocenters. The Bertz CT molecular complexity index is 284. The Hall–Kier alpha value is -0.770. The summed E-state index contributed by atoms with van der Waals surface area (Å²) in [6.07, 6.45) is 6.14. The molecule has 1 amide bonds. The molecule has 1 saturated carbocycles. The van der Waals surface area contributed by atoms with Crippen molar-refractivity contribution in [2.75, 3.05) is 32.8 Å². The van der Waals surface area contributed by atoms with Crippen LogP contribution < -0.4 is 0 Å². The highest BCUT2D eigenvalue weighted by molar-refractivity contribution is 5.67. The van der Waals surface area contributed by atoms with Gasteiger partial charge in [0.25, 0.3) is 0 Å². The number of carbonyl (C=O) groups excluding carboxylic acids is 1. The minimum Gasteiger partial charge on any atom is -0.450 e. The predicted octanol–water partition coefficient (Wildman–Crippen LogP) is 2.73. The molecule has 4 nitrogen and oxygen atoms in total. The van der Waals surface area contributed by atoms with Gasteiger partial charge in [-0.05, 0) is 51.5 Å². The van der Waals surface area contributed by atoms with Gasteiger partial charge in [0.2, 0.25) is 0 Å². The fourth-order valence-corrected chi connectivity index (χ4v) is 2.97. The number of hydrogen-bond donors (Lipinski definition) is 0. The number of nitrogens with zero attached hydrogens (tertiary/aromatic N) is 2. The molecule has 110 valence electrons. The van der Waals surface area contributed by atoms with E-state index in [0.29, 0.717) is 12.6 Å². The smallest absolute Gasteiger partial charge is 0.409 e. The molecule has 1 heterocycles. The van der Waals surface area contributed by atoms with Crippen LogP contribution in [0.4, 0.5) is 4.79 Å². The highest BCUT2D eigenvalue weighted by atomic mass is 16.6. The summed E-state index contributed by atoms with van der Waals surface area (Å²) in [5.74, 6) is 0.953. The third-order valence-electron chi connectivity index (χ3n) is 4.21. The molecule has 1 saturated heterocycles. The molecule has 4 heteroatoms. The van der Waals surface area contributed by atoms with Gasteiger partial charge in [0.05, 0.1) is 6.61 Å². The van der Waals surface area contributed by atoms with Crippen LogP contribution in [0.3, 0.4) is 0 Å². The molecule has 0 aromatic carbocycles. The van der Waals surface area contributed by atoms with Crippen molar-refractivity contribution in [3.63, 3.8) is 0 Å². The second-order valence-electron chi connectivity index (χ2n) is 5.86. The molecule has 2 fully saturated rings. The maximum atomic E-state index is 11.7. The highest BCUT2D eigenvalue weighted by Gasteiger charge is 2.31. The lowest BCUT2D eigenvalue weighted by atomic mass is 10.0. The van der Waals surface area contributed by atoms with Gasteiger partial charge in [0.1, 0.15) is 0 Å². The number of likely N-dealkylation sites (tertiary alicyclic amines) is 1. The number of ether oxygens (including phenoxy) is 1. The van der Waals surface area contributed by atoms with Gasteiger partial charge in [0.15, 0.2) is 0 Å². The topological polar surface area (TPSA) is 32.8 Å². The molecule has 0 spiro atoms. The summed E-state index contributed by atoms with van der Waals surface area (Å²) in [6, 6.07) is 0.672. The Morgan fingerprint density at radius 1 is 1.21 bits per heavy atom. The molecule has 0 atom stereocenters. The maximum absolute atomic E-state index is 11.7. The van der Waals surface area contributed by atoms with Gasteiger partial charge in [-0.1, -0.05) is 6.92 Å². The van der Waals surface area contributed by atoms with Crippen LogP contribution in [-0.4, -0.2) is 54.7 Å². The summed E-state index contributed by atoms with van der Waals surface area (Å²) in [4.78, 5) is 16.2. The Labute approximate surface area is 117 Å². The second kappa shape index (κ2) is 7.13. The first kappa shape index (κ1) is 14.6. The van der Waals surface area contributed by atoms with Gasteiger partial charge >= 0.3 is 6.09 Å². The monoisotopic (exact) mass is 268 g/mol. The molecule has 1 aliphatic heterocycles. The van der Waals surface area contributed by atoms with Gasteiger partial charge in [-0.2, -0.15) is 0 Å². The van der Waals surface area contributed by atoms with Gasteiger partial charge in [-0.25, -0.2) is 4.79 Å². The van der Waals surface area contributed by atoms with Crippen molar-refractivity contribution in [1.82, 2.24) is 9.80 Å². The van der Waals surface area contributed by atoms with E-state index in [9.17, 15) is 4.79 Å². The van der Waals surface area contributed by atoms with Crippen LogP contribution in [0.2, 0.25) is 0 Å². The van der Waals surface area contributed by atoms with Crippen LogP contribution in [0.5, 0.6) is 0 Å². The summed E-state index contributed by atoms with van der Waals surface area (Å²) < 4.78 is 5.07. The Kier molecular flexibility index (Phi) is 5.49. The molecule has 0 aromatic rings. The molecule has 0 N–H and O–H groups in total. The SMILES string of the molecule is CCCN(CC1CC1)C1CCN(C(=O)OCC)CC1. The standard InChI is InChI=1S/C15H28N2O2/c1-3-9-17(12-13-5-6-13)14-7-10-16(11-8-14)15(18)19-4-2/h13-14H,3-12H2,1-2H3. The largest absolute Gasteiger partial charge is 0.450 e. The van der Waals surface area contributed by atoms with Gasteiger partial charge in [-0.15, -0.1) is 0 Å². The highest BCUT2D eigenvalue weighted by Crippen LogP contribution is 2.31. The van der Waals surface area contributed by atoms with E-state index in [2.05, 4.69) is 11.8 Å². The lowest BCUT2D eigenvalue weighted by Gasteiger charge is -2.38. The fraction of sp³-hybridized carbons (Fsp3) is 0.933. The van der Waals surface area contributed by atoms with Crippen molar-refractivity contribution in [2.45, 2.75) is 52.0 Å². The van der Waals surface area contributed by atoms with Crippen LogP contribution in [-0.2, 0) is 4.74 Å². The van der Waals surface area contributed by atoms with E-state index in [0.717, 1.165) is 31.8 Å². The van der Waals surface area contributed by atoms with E-state index in [4.69, 9.17) is 4.74 Å². The summed E-state index contributed by atoms with van der Waals surface area (Å²) in [5, 5.41) is 0. The van der Waals surface area contributed by atoms with Crippen LogP contribution >= 0.6 is 0 Å². The lowest BCUT2D eigenvalue weighted by Crippen LogP contribution is -2.47. The van der Waals surface area contributed by atoms with Crippen molar-refractivity contribution in [1.29, 1.82) is 0 Å². The van der Waals surface area contributed by atoms with E-state index in [1.807, 2.05) is 11.8 Å². The number of rotatable bonds is 6. The molecule has 2 rings (SSSR count). The quantitative estimate of drug-likeness (QED) is 0.742. The van der Waals surface area contributed by atoms with Crippen molar-refractivity contribution in [2.24, 2.45) is 5.92 Å². The number of carbonyl (C=O) groups is 1. The summed E-state index contributed by atoms with van der Waals surface area (Å²) in [5.41, 5.74) is 0. The lowest BCUT2D eigenvalue weighted by molar-refractivity contribution is 0.0731. The predicted molar refractivity (Wildman–Crippen MR) is 76.2 cm³/mol. The molecular weight excluding hydrogens is 240 g/mol. The normalized spacial score (nSPS) is 20.9. The molecular formula is C15H28N2O2. The summed E-state index contributed by atoms with van der Waals surface area (Å²) in [7, 11) is 0. The number of piperidine rings is 1. The maximum Gasteiger partial charge on any atom is 0.409 e. The number of hydrogen-bond acceptors (Lipinski definition) is 3. The van der Waals surface area contributed by atoms with E-state index < -0.39 is 0 Å². The van der Waals surface area contributed by atoms with Crippen LogP contribution in [0.25, 0.3) is 0 Å². The summed E-state index contributed by atoms with van der Waals surface area (Å²) in [6.45, 7) is 8.79. The van der Waals surface area contributed by atoms with Gasteiger partial charge in [0, 0.05) is 25.7 Å². The molecule has 0 aromatic heterocycles. The van der Waals surface area contributed by atoms with Gasteiger partial charge in [-0.3, -0.25) is 4.90 Å². The van der Waals surface area contributed by atoms with Crippen LogP contribution in [0, 0.1) is 5.92 Å². The average Bonchev–Trinajstić information content (AvgIpc) is 3.23. The van der Waals surface area contributed by atoms with Crippen molar-refractivity contribution in [3.8, 4) is 0 Å². The molecule has 19 heavy (non-hydrogen) atoms. The first-order valence-electron chi connectivity index (χ1n) is 7.90. The number of amides is 1. The first-order chi connectivity index (χ1) is 9.24. The van der Waals surface area contributed by atoms with Crippen molar-refractivity contribution < 1.29 is 9.53 Å². The van der Waals surface area contributed by atoms with E-state index >= 15 is 0 Å². The van der Waals surface area contributed by atoms with Crippen LogP contribution in [0.1, 0.15) is 46.0 Å². The summed E-state index contributed by atoms with van der Waals surface area (Å²) >= 11 is 0. The zero-order valence-corrected chi connectivity index (χ0v) is 12.4. The van der Waals surface area contributed by atoms with Crippen molar-refractivity contribution in [3.05, 3.63) is 0 Å². The minimum atomic E-state index is -0.134. The molecule has 0 radical (unpaired) electrons. The zero-order valence-electron chi connectivity index (χ0n) is 12.4. The first-order valence-corrected chi connectivity index (χ1v) is 7.90. The Morgan fingerprint density at radius 2 is 1.89 bits per heavy atom. The van der Waals surface area contributed by atoms with E-state index in [1.165, 1.54) is 32.4 Å². The Balaban J connectivity index is 1.77. The third kappa shape index (κ3) is 4.37. The third-order valence-corrected chi connectivity index (χ3v) is 4.21. The molecule has 0 bridgehead atoms. The minimum absolute atomic E-state index is 0.134. The fourth-order valence-electron chi connectivity index (χ4n) is 2.97. The Morgan fingerprint density at radius 3 is 2.42 bits per heavy atom. The average molecular weight is 268 g/mol. The van der Waals surface area contributed by atoms with E-state index in [1.54, 1.807) is 0 Å². The van der Waals surface area contributed by atoms with Gasteiger partial charge < -0.3 is 9.64 Å². The molecule has 1 aliphatic carbocycles. The van der Waals surface area contributed by atoms with E-state index in [-0.39, 0.29) is 6.09 Å². The molecule has 2 aliphatic rings. The zero-order chi connectivity index (χ0) is 13.7. The van der Waals surface area contributed by atoms with Crippen LogP contribution in [0.15, 0.2) is 0 Å². The second-order valence-corrected chi connectivity index (χ2v) is 5.86. The van der Waals surface area contributed by atoms with Crippen molar-refractivity contribution >= 4 is 6.09 Å².